The first-order chi connectivity index (χ1) is 13.7. The van der Waals surface area contributed by atoms with Crippen LogP contribution in [0.5, 0.6) is 0 Å². The van der Waals surface area contributed by atoms with Crippen LogP contribution < -0.4 is 10.2 Å². The van der Waals surface area contributed by atoms with E-state index in [1.54, 1.807) is 0 Å². The van der Waals surface area contributed by atoms with E-state index in [0.717, 1.165) is 25.3 Å². The fraction of sp³-hybridized carbons (Fsp3) is 0.708. The first-order valence-electron chi connectivity index (χ1n) is 11.6. The van der Waals surface area contributed by atoms with Gasteiger partial charge in [0.2, 0.25) is 0 Å². The Balaban J connectivity index is 1.65. The van der Waals surface area contributed by atoms with E-state index in [4.69, 9.17) is 0 Å². The number of hydrogen-bond acceptors (Lipinski definition) is 2. The lowest BCUT2D eigenvalue weighted by atomic mass is 9.87. The molecule has 0 heterocycles. The molecular formula is C24H39N3O. The third-order valence-electron chi connectivity index (χ3n) is 6.70. The largest absolute Gasteiger partial charge is 0.372 e. The summed E-state index contributed by atoms with van der Waals surface area (Å²) in [5, 5.41) is 3.20. The molecule has 2 amide bonds. The molecule has 0 unspecified atom stereocenters. The maximum Gasteiger partial charge on any atom is 0.322 e. The highest BCUT2D eigenvalue weighted by atomic mass is 16.2. The predicted molar refractivity (Wildman–Crippen MR) is 119 cm³/mol. The Bertz CT molecular complexity index is 584. The Labute approximate surface area is 171 Å². The van der Waals surface area contributed by atoms with Crippen molar-refractivity contribution in [2.75, 3.05) is 29.9 Å². The molecule has 1 aromatic carbocycles. The molecule has 0 saturated heterocycles. The van der Waals surface area contributed by atoms with Crippen molar-refractivity contribution in [2.24, 2.45) is 5.92 Å². The predicted octanol–water partition coefficient (Wildman–Crippen LogP) is 6.28. The van der Waals surface area contributed by atoms with E-state index >= 15 is 0 Å². The van der Waals surface area contributed by atoms with Crippen molar-refractivity contribution < 1.29 is 4.79 Å². The molecule has 1 aromatic rings. The number of anilines is 2. The third kappa shape index (κ3) is 5.65. The minimum atomic E-state index is 0.105. The maximum absolute atomic E-state index is 13.2. The molecule has 4 nitrogen and oxygen atoms in total. The van der Waals surface area contributed by atoms with Gasteiger partial charge in [-0.25, -0.2) is 4.79 Å². The van der Waals surface area contributed by atoms with Gasteiger partial charge < -0.3 is 15.1 Å². The molecule has 2 aliphatic carbocycles. The van der Waals surface area contributed by atoms with Crippen LogP contribution in [0.4, 0.5) is 16.2 Å². The fourth-order valence-corrected chi connectivity index (χ4v) is 4.98. The van der Waals surface area contributed by atoms with Gasteiger partial charge in [0.05, 0.1) is 0 Å². The summed E-state index contributed by atoms with van der Waals surface area (Å²) < 4.78 is 0. The number of hydrogen-bond donors (Lipinski definition) is 1. The summed E-state index contributed by atoms with van der Waals surface area (Å²) in [5.41, 5.74) is 2.12. The van der Waals surface area contributed by atoms with Gasteiger partial charge in [-0.1, -0.05) is 38.5 Å². The molecule has 3 rings (SSSR count). The number of carbonyl (C=O) groups is 1. The van der Waals surface area contributed by atoms with Gasteiger partial charge in [-0.2, -0.15) is 0 Å². The van der Waals surface area contributed by atoms with Crippen LogP contribution in [0.3, 0.4) is 0 Å². The summed E-state index contributed by atoms with van der Waals surface area (Å²) in [5.74, 6) is 0.687. The van der Waals surface area contributed by atoms with Gasteiger partial charge in [-0.15, -0.1) is 0 Å². The standard InChI is InChI=1S/C24H39N3O/c1-3-26(4-2)22-17-15-21(16-18-22)25-24(28)27(23-13-9-6-10-14-23)19-20-11-7-5-8-12-20/h15-18,20,23H,3-14,19H2,1-2H3,(H,25,28). The molecule has 156 valence electrons. The molecule has 2 saturated carbocycles. The number of nitrogens with one attached hydrogen (secondary N) is 1. The summed E-state index contributed by atoms with van der Waals surface area (Å²) in [6.07, 6.45) is 12.8. The minimum absolute atomic E-state index is 0.105. The summed E-state index contributed by atoms with van der Waals surface area (Å²) in [6, 6.07) is 8.86. The van der Waals surface area contributed by atoms with E-state index < -0.39 is 0 Å². The average Bonchev–Trinajstić information content (AvgIpc) is 2.75. The zero-order valence-corrected chi connectivity index (χ0v) is 18.0. The smallest absolute Gasteiger partial charge is 0.322 e. The van der Waals surface area contributed by atoms with E-state index in [0.29, 0.717) is 12.0 Å². The molecule has 0 radical (unpaired) electrons. The molecule has 2 aliphatic rings. The van der Waals surface area contributed by atoms with Crippen LogP contribution in [0, 0.1) is 5.92 Å². The molecule has 2 fully saturated rings. The molecule has 0 aromatic heterocycles. The molecule has 1 N–H and O–H groups in total. The topological polar surface area (TPSA) is 35.6 Å². The molecule has 4 heteroatoms. The number of amides is 2. The van der Waals surface area contributed by atoms with Crippen molar-refractivity contribution in [3.63, 3.8) is 0 Å². The first-order valence-corrected chi connectivity index (χ1v) is 11.6. The Morgan fingerprint density at radius 2 is 1.46 bits per heavy atom. The van der Waals surface area contributed by atoms with Gasteiger partial charge in [0.15, 0.2) is 0 Å². The second kappa shape index (κ2) is 10.7. The highest BCUT2D eigenvalue weighted by Crippen LogP contribution is 2.29. The van der Waals surface area contributed by atoms with Crippen molar-refractivity contribution in [3.05, 3.63) is 24.3 Å². The van der Waals surface area contributed by atoms with Crippen molar-refractivity contribution >= 4 is 17.4 Å². The molecule has 0 bridgehead atoms. The minimum Gasteiger partial charge on any atom is -0.372 e. The molecule has 0 spiro atoms. The second-order valence-corrected chi connectivity index (χ2v) is 8.60. The van der Waals surface area contributed by atoms with Gasteiger partial charge >= 0.3 is 6.03 Å². The molecular weight excluding hydrogens is 346 g/mol. The van der Waals surface area contributed by atoms with E-state index in [1.807, 2.05) is 12.1 Å². The van der Waals surface area contributed by atoms with E-state index in [9.17, 15) is 4.79 Å². The van der Waals surface area contributed by atoms with Crippen molar-refractivity contribution in [3.8, 4) is 0 Å². The van der Waals surface area contributed by atoms with Crippen molar-refractivity contribution in [1.29, 1.82) is 0 Å². The fourth-order valence-electron chi connectivity index (χ4n) is 4.98. The van der Waals surface area contributed by atoms with E-state index in [-0.39, 0.29) is 6.03 Å². The van der Waals surface area contributed by atoms with Crippen LogP contribution >= 0.6 is 0 Å². The SMILES string of the molecule is CCN(CC)c1ccc(NC(=O)N(CC2CCCCC2)C2CCCCC2)cc1. The van der Waals surface area contributed by atoms with Crippen LogP contribution in [-0.4, -0.2) is 36.6 Å². The maximum atomic E-state index is 13.2. The third-order valence-corrected chi connectivity index (χ3v) is 6.70. The molecule has 28 heavy (non-hydrogen) atoms. The van der Waals surface area contributed by atoms with Crippen LogP contribution in [0.1, 0.15) is 78.1 Å². The summed E-state index contributed by atoms with van der Waals surface area (Å²) in [6.45, 7) is 7.28. The second-order valence-electron chi connectivity index (χ2n) is 8.60. The van der Waals surface area contributed by atoms with Crippen molar-refractivity contribution in [1.82, 2.24) is 4.90 Å². The normalized spacial score (nSPS) is 18.6. The van der Waals surface area contributed by atoms with E-state index in [2.05, 4.69) is 41.1 Å². The Hall–Kier alpha value is -1.71. The van der Waals surface area contributed by atoms with Crippen LogP contribution in [0.2, 0.25) is 0 Å². The average molecular weight is 386 g/mol. The lowest BCUT2D eigenvalue weighted by Crippen LogP contribution is -2.46. The molecule has 0 atom stereocenters. The van der Waals surface area contributed by atoms with Gasteiger partial charge in [-0.05, 0) is 69.7 Å². The quantitative estimate of drug-likeness (QED) is 0.599. The molecule has 0 aliphatic heterocycles. The Morgan fingerprint density at radius 1 is 0.893 bits per heavy atom. The van der Waals surface area contributed by atoms with Gasteiger partial charge in [0, 0.05) is 37.1 Å². The van der Waals surface area contributed by atoms with Crippen molar-refractivity contribution in [2.45, 2.75) is 84.1 Å². The summed E-state index contributed by atoms with van der Waals surface area (Å²) >= 11 is 0. The zero-order chi connectivity index (χ0) is 19.8. The number of nitrogens with zero attached hydrogens (tertiary/aromatic N) is 2. The zero-order valence-electron chi connectivity index (χ0n) is 18.0. The number of benzene rings is 1. The Morgan fingerprint density at radius 3 is 2.04 bits per heavy atom. The van der Waals surface area contributed by atoms with Gasteiger partial charge in [0.1, 0.15) is 0 Å². The highest BCUT2D eigenvalue weighted by Gasteiger charge is 2.28. The lowest BCUT2D eigenvalue weighted by Gasteiger charge is -2.37. The van der Waals surface area contributed by atoms with Gasteiger partial charge in [0.25, 0.3) is 0 Å². The van der Waals surface area contributed by atoms with Crippen LogP contribution in [0.15, 0.2) is 24.3 Å². The number of urea groups is 1. The monoisotopic (exact) mass is 385 g/mol. The first kappa shape index (κ1) is 21.0. The number of rotatable bonds is 7. The summed E-state index contributed by atoms with van der Waals surface area (Å²) in [4.78, 5) is 17.7. The van der Waals surface area contributed by atoms with E-state index in [1.165, 1.54) is 69.9 Å². The number of carbonyl (C=O) groups excluding carboxylic acids is 1. The Kier molecular flexibility index (Phi) is 8.05. The van der Waals surface area contributed by atoms with Crippen LogP contribution in [0.25, 0.3) is 0 Å². The lowest BCUT2D eigenvalue weighted by molar-refractivity contribution is 0.143. The highest BCUT2D eigenvalue weighted by molar-refractivity contribution is 5.89. The van der Waals surface area contributed by atoms with Gasteiger partial charge in [-0.3, -0.25) is 0 Å². The summed E-state index contributed by atoms with van der Waals surface area (Å²) in [7, 11) is 0. The van der Waals surface area contributed by atoms with Crippen LogP contribution in [-0.2, 0) is 0 Å².